The number of imidazole rings is 1. The van der Waals surface area contributed by atoms with Crippen molar-refractivity contribution in [1.29, 1.82) is 0 Å². The molecule has 0 bridgehead atoms. The van der Waals surface area contributed by atoms with Crippen LogP contribution in [0.4, 0.5) is 0 Å². The summed E-state index contributed by atoms with van der Waals surface area (Å²) in [6, 6.07) is 6.33. The lowest BCUT2D eigenvalue weighted by Gasteiger charge is -2.14. The molecule has 1 aromatic carbocycles. The number of carbonyl (C=O) groups is 1. The van der Waals surface area contributed by atoms with E-state index in [1.165, 1.54) is 6.26 Å². The molecule has 116 valence electrons. The van der Waals surface area contributed by atoms with E-state index in [4.69, 9.17) is 0 Å². The largest absolute Gasteiger partial charge is 0.344 e. The minimum absolute atomic E-state index is 0.0759. The van der Waals surface area contributed by atoms with Crippen LogP contribution in [0.25, 0.3) is 11.4 Å². The number of sulfone groups is 1. The zero-order chi connectivity index (χ0) is 15.9. The molecule has 0 aliphatic carbocycles. The molecule has 7 heteroatoms. The molecular weight excluding hydrogens is 302 g/mol. The van der Waals surface area contributed by atoms with Crippen LogP contribution in [0, 0.1) is 0 Å². The van der Waals surface area contributed by atoms with E-state index in [0.717, 1.165) is 18.5 Å². The van der Waals surface area contributed by atoms with Gasteiger partial charge in [-0.2, -0.15) is 0 Å². The molecule has 1 aromatic heterocycles. The van der Waals surface area contributed by atoms with Gasteiger partial charge in [0.05, 0.1) is 4.90 Å². The maximum Gasteiger partial charge on any atom is 0.245 e. The minimum atomic E-state index is -3.22. The molecule has 2 aromatic rings. The van der Waals surface area contributed by atoms with Crippen LogP contribution in [0.3, 0.4) is 0 Å². The average Bonchev–Trinajstić information content (AvgIpc) is 3.06. The van der Waals surface area contributed by atoms with Gasteiger partial charge in [-0.3, -0.25) is 4.79 Å². The number of benzene rings is 1. The highest BCUT2D eigenvalue weighted by atomic mass is 32.2. The average molecular weight is 319 g/mol. The molecule has 1 amide bonds. The molecule has 1 aliphatic rings. The molecule has 0 N–H and O–H groups in total. The lowest BCUT2D eigenvalue weighted by atomic mass is 10.2. The predicted molar refractivity (Wildman–Crippen MR) is 82.1 cm³/mol. The van der Waals surface area contributed by atoms with Crippen LogP contribution in [0.2, 0.25) is 0 Å². The summed E-state index contributed by atoms with van der Waals surface area (Å²) in [5.74, 6) is 0.751. The van der Waals surface area contributed by atoms with E-state index in [2.05, 4.69) is 4.98 Å². The molecule has 3 rings (SSSR count). The highest BCUT2D eigenvalue weighted by Crippen LogP contribution is 2.28. The summed E-state index contributed by atoms with van der Waals surface area (Å²) < 4.78 is 24.9. The summed E-state index contributed by atoms with van der Waals surface area (Å²) in [6.07, 6.45) is 5.38. The summed E-state index contributed by atoms with van der Waals surface area (Å²) >= 11 is 0. The molecule has 0 spiro atoms. The van der Waals surface area contributed by atoms with Gasteiger partial charge in [-0.25, -0.2) is 13.4 Å². The normalized spacial score (nSPS) is 18.9. The first-order chi connectivity index (χ1) is 10.4. The Morgan fingerprint density at radius 3 is 2.45 bits per heavy atom. The van der Waals surface area contributed by atoms with E-state index < -0.39 is 9.84 Å². The number of nitrogens with zero attached hydrogens (tertiary/aromatic N) is 3. The van der Waals surface area contributed by atoms with E-state index in [-0.39, 0.29) is 16.8 Å². The van der Waals surface area contributed by atoms with Gasteiger partial charge in [0.25, 0.3) is 0 Å². The Hall–Kier alpha value is -2.15. The molecule has 1 atom stereocenters. The maximum absolute atomic E-state index is 12.2. The lowest BCUT2D eigenvalue weighted by molar-refractivity contribution is -0.129. The van der Waals surface area contributed by atoms with Crippen LogP contribution in [0.15, 0.2) is 41.6 Å². The molecule has 0 radical (unpaired) electrons. The van der Waals surface area contributed by atoms with Crippen molar-refractivity contribution in [2.45, 2.75) is 17.4 Å². The molecule has 1 fully saturated rings. The molecule has 6 nitrogen and oxygen atoms in total. The third-order valence-electron chi connectivity index (χ3n) is 3.94. The van der Waals surface area contributed by atoms with Gasteiger partial charge in [-0.1, -0.05) is 0 Å². The van der Waals surface area contributed by atoms with Crippen molar-refractivity contribution in [2.24, 2.45) is 0 Å². The third-order valence-corrected chi connectivity index (χ3v) is 5.07. The number of likely N-dealkylation sites (tertiary alicyclic amines) is 1. The summed E-state index contributed by atoms with van der Waals surface area (Å²) in [4.78, 5) is 18.5. The van der Waals surface area contributed by atoms with Gasteiger partial charge in [0.2, 0.25) is 5.91 Å². The fourth-order valence-electron chi connectivity index (χ4n) is 2.70. The van der Waals surface area contributed by atoms with Gasteiger partial charge in [-0.05, 0) is 30.7 Å². The molecule has 0 saturated carbocycles. The van der Waals surface area contributed by atoms with Crippen molar-refractivity contribution in [3.8, 4) is 11.4 Å². The highest BCUT2D eigenvalue weighted by Gasteiger charge is 2.31. The van der Waals surface area contributed by atoms with Crippen LogP contribution in [0.1, 0.15) is 12.5 Å². The summed E-state index contributed by atoms with van der Waals surface area (Å²) in [5, 5.41) is 0. The Balaban J connectivity index is 1.97. The van der Waals surface area contributed by atoms with E-state index in [1.807, 2.05) is 4.57 Å². The number of amides is 1. The predicted octanol–water partition coefficient (Wildman–Crippen LogP) is 1.36. The van der Waals surface area contributed by atoms with Crippen molar-refractivity contribution >= 4 is 15.7 Å². The van der Waals surface area contributed by atoms with Crippen molar-refractivity contribution in [2.75, 3.05) is 19.8 Å². The Morgan fingerprint density at radius 1 is 1.23 bits per heavy atom. The fourth-order valence-corrected chi connectivity index (χ4v) is 3.33. The summed E-state index contributed by atoms with van der Waals surface area (Å²) in [6.45, 7) is 0.730. The van der Waals surface area contributed by atoms with Crippen molar-refractivity contribution < 1.29 is 13.2 Å². The minimum Gasteiger partial charge on any atom is -0.344 e. The smallest absolute Gasteiger partial charge is 0.245 e. The van der Waals surface area contributed by atoms with Crippen LogP contribution >= 0.6 is 0 Å². The van der Waals surface area contributed by atoms with E-state index in [9.17, 15) is 13.2 Å². The number of carbonyl (C=O) groups excluding carboxylic acids is 1. The summed E-state index contributed by atoms with van der Waals surface area (Å²) in [7, 11) is -1.43. The number of aromatic nitrogens is 2. The van der Waals surface area contributed by atoms with Crippen LogP contribution < -0.4 is 0 Å². The summed E-state index contributed by atoms with van der Waals surface area (Å²) in [5.41, 5.74) is 0.791. The Labute approximate surface area is 129 Å². The highest BCUT2D eigenvalue weighted by molar-refractivity contribution is 7.90. The molecule has 22 heavy (non-hydrogen) atoms. The number of rotatable bonds is 3. The lowest BCUT2D eigenvalue weighted by Crippen LogP contribution is -2.24. The first kappa shape index (κ1) is 14.8. The third kappa shape index (κ3) is 2.52. The van der Waals surface area contributed by atoms with Crippen molar-refractivity contribution in [3.05, 3.63) is 36.7 Å². The second-order valence-electron chi connectivity index (χ2n) is 5.52. The monoisotopic (exact) mass is 319 g/mol. The quantitative estimate of drug-likeness (QED) is 0.856. The van der Waals surface area contributed by atoms with Crippen LogP contribution in [0.5, 0.6) is 0 Å². The SMILES string of the molecule is CN1CCC(n2ccnc2-c2ccc(S(C)(=O)=O)cc2)C1=O. The second kappa shape index (κ2) is 5.24. The van der Waals surface area contributed by atoms with E-state index >= 15 is 0 Å². The van der Waals surface area contributed by atoms with E-state index in [0.29, 0.717) is 5.82 Å². The zero-order valence-corrected chi connectivity index (χ0v) is 13.2. The Kier molecular flexibility index (Phi) is 3.52. The number of hydrogen-bond acceptors (Lipinski definition) is 4. The second-order valence-corrected chi connectivity index (χ2v) is 7.53. The molecule has 1 aliphatic heterocycles. The topological polar surface area (TPSA) is 72.3 Å². The maximum atomic E-state index is 12.2. The van der Waals surface area contributed by atoms with Gasteiger partial charge in [-0.15, -0.1) is 0 Å². The van der Waals surface area contributed by atoms with Crippen molar-refractivity contribution in [3.63, 3.8) is 0 Å². The Bertz CT molecular complexity index is 809. The van der Waals surface area contributed by atoms with Crippen LogP contribution in [-0.2, 0) is 14.6 Å². The zero-order valence-electron chi connectivity index (χ0n) is 12.4. The number of hydrogen-bond donors (Lipinski definition) is 0. The van der Waals surface area contributed by atoms with Gasteiger partial charge in [0, 0.05) is 37.8 Å². The van der Waals surface area contributed by atoms with Gasteiger partial charge >= 0.3 is 0 Å². The van der Waals surface area contributed by atoms with Gasteiger partial charge in [0.15, 0.2) is 9.84 Å². The van der Waals surface area contributed by atoms with Gasteiger partial charge in [0.1, 0.15) is 11.9 Å². The number of likely N-dealkylation sites (N-methyl/N-ethyl adjacent to an activating group) is 1. The molecule has 1 saturated heterocycles. The van der Waals surface area contributed by atoms with E-state index in [1.54, 1.807) is 48.6 Å². The van der Waals surface area contributed by atoms with Crippen molar-refractivity contribution in [1.82, 2.24) is 14.5 Å². The standard InChI is InChI=1S/C15H17N3O3S/c1-17-9-7-13(15(17)19)18-10-8-16-14(18)11-3-5-12(6-4-11)22(2,20)21/h3-6,8,10,13H,7,9H2,1-2H3. The van der Waals surface area contributed by atoms with Gasteiger partial charge < -0.3 is 9.47 Å². The molecular formula is C15H17N3O3S. The first-order valence-corrected chi connectivity index (χ1v) is 8.85. The molecule has 1 unspecified atom stereocenters. The fraction of sp³-hybridized carbons (Fsp3) is 0.333. The first-order valence-electron chi connectivity index (χ1n) is 6.96. The molecule has 2 heterocycles. The Morgan fingerprint density at radius 2 is 1.91 bits per heavy atom. The van der Waals surface area contributed by atoms with Crippen LogP contribution in [-0.4, -0.2) is 48.6 Å².